The predicted octanol–water partition coefficient (Wildman–Crippen LogP) is 6.33. The maximum Gasteiger partial charge on any atom is 0.428 e. The van der Waals surface area contributed by atoms with Gasteiger partial charge < -0.3 is 19.4 Å². The third-order valence-corrected chi connectivity index (χ3v) is 7.52. The summed E-state index contributed by atoms with van der Waals surface area (Å²) in [6.07, 6.45) is 2.28. The molecule has 0 fully saturated rings. The molecular weight excluding hydrogens is 690 g/mol. The molecule has 2 N–H and O–H groups in total. The fourth-order valence-corrected chi connectivity index (χ4v) is 4.84. The number of aromatic nitrogens is 5. The first kappa shape index (κ1) is 40.5. The number of rotatable bonds is 8. The summed E-state index contributed by atoms with van der Waals surface area (Å²) in [5.74, 6) is 5.65. The number of hydrazine groups is 1. The van der Waals surface area contributed by atoms with Gasteiger partial charge in [-0.05, 0) is 112 Å². The van der Waals surface area contributed by atoms with Crippen LogP contribution in [0.4, 0.5) is 21.2 Å². The Morgan fingerprint density at radius 1 is 0.870 bits per heavy atom. The Morgan fingerprint density at radius 3 is 2.07 bits per heavy atom. The maximum atomic E-state index is 13.5. The zero-order valence-electron chi connectivity index (χ0n) is 32.8. The van der Waals surface area contributed by atoms with Gasteiger partial charge in [-0.1, -0.05) is 5.92 Å². The lowest BCUT2D eigenvalue weighted by molar-refractivity contribution is -0.120. The molecule has 0 aliphatic heterocycles. The van der Waals surface area contributed by atoms with Crippen LogP contribution in [0.1, 0.15) is 88.5 Å². The lowest BCUT2D eigenvalue weighted by atomic mass is 10.0. The Labute approximate surface area is 315 Å². The zero-order valence-corrected chi connectivity index (χ0v) is 32.8. The average molecular weight is 738 g/mol. The number of hydrogen-bond acceptors (Lipinski definition) is 11. The third kappa shape index (κ3) is 10.9. The number of likely N-dealkylation sites (N-methyl/N-ethyl adjacent to an activating group) is 1. The van der Waals surface area contributed by atoms with E-state index in [4.69, 9.17) is 9.47 Å². The molecule has 1 atom stereocenters. The van der Waals surface area contributed by atoms with Crippen LogP contribution in [0.2, 0.25) is 0 Å². The second kappa shape index (κ2) is 16.2. The normalized spacial score (nSPS) is 11.8. The molecule has 0 bridgehead atoms. The van der Waals surface area contributed by atoms with Crippen molar-refractivity contribution in [3.8, 4) is 28.8 Å². The van der Waals surface area contributed by atoms with E-state index in [1.807, 2.05) is 42.0 Å². The molecule has 0 spiro atoms. The molecule has 4 aromatic rings. The van der Waals surface area contributed by atoms with Gasteiger partial charge >= 0.3 is 12.2 Å². The van der Waals surface area contributed by atoms with Crippen LogP contribution in [0, 0.1) is 25.7 Å². The number of hydrogen-bond donors (Lipinski definition) is 2. The maximum absolute atomic E-state index is 13.5. The molecule has 15 nitrogen and oxygen atoms in total. The molecule has 0 saturated heterocycles. The largest absolute Gasteiger partial charge is 0.444 e. The van der Waals surface area contributed by atoms with Crippen LogP contribution in [0.15, 0.2) is 48.9 Å². The van der Waals surface area contributed by atoms with Gasteiger partial charge in [0.15, 0.2) is 11.6 Å². The van der Waals surface area contributed by atoms with E-state index in [2.05, 4.69) is 42.5 Å². The number of nitrogens with zero attached hydrogens (tertiary/aromatic N) is 7. The summed E-state index contributed by atoms with van der Waals surface area (Å²) in [5, 5.41) is 3.86. The Kier molecular flexibility index (Phi) is 12.1. The lowest BCUT2D eigenvalue weighted by Crippen LogP contribution is -2.45. The highest BCUT2D eigenvalue weighted by molar-refractivity contribution is 6.04. The highest BCUT2D eigenvalue weighted by atomic mass is 16.6. The van der Waals surface area contributed by atoms with Crippen molar-refractivity contribution in [2.45, 2.75) is 86.5 Å². The van der Waals surface area contributed by atoms with Gasteiger partial charge in [-0.2, -0.15) is 0 Å². The minimum absolute atomic E-state index is 0.0641. The number of amides is 3. The highest BCUT2D eigenvalue weighted by Crippen LogP contribution is 2.30. The molecule has 1 aromatic carbocycles. The van der Waals surface area contributed by atoms with Gasteiger partial charge in [-0.3, -0.25) is 19.9 Å². The van der Waals surface area contributed by atoms with Gasteiger partial charge in [0.1, 0.15) is 34.6 Å². The number of nitrogens with one attached hydrogen (secondary N) is 2. The Hall–Kier alpha value is -6.30. The van der Waals surface area contributed by atoms with E-state index in [0.29, 0.717) is 11.1 Å². The monoisotopic (exact) mass is 737 g/mol. The third-order valence-electron chi connectivity index (χ3n) is 7.52. The molecule has 0 radical (unpaired) electrons. The van der Waals surface area contributed by atoms with E-state index in [1.165, 1.54) is 25.9 Å². The molecule has 3 aromatic heterocycles. The number of aryl methyl sites for hydroxylation is 2. The van der Waals surface area contributed by atoms with E-state index in [-0.39, 0.29) is 34.4 Å². The van der Waals surface area contributed by atoms with Gasteiger partial charge in [0, 0.05) is 37.1 Å². The topological polar surface area (TPSA) is 174 Å². The summed E-state index contributed by atoms with van der Waals surface area (Å²) >= 11 is 0. The first-order valence-electron chi connectivity index (χ1n) is 17.2. The van der Waals surface area contributed by atoms with E-state index in [1.54, 1.807) is 73.8 Å². The molecule has 15 heteroatoms. The predicted molar refractivity (Wildman–Crippen MR) is 204 cm³/mol. The van der Waals surface area contributed by atoms with Crippen molar-refractivity contribution in [2.75, 3.05) is 24.8 Å². The van der Waals surface area contributed by atoms with E-state index in [0.717, 1.165) is 16.4 Å². The lowest BCUT2D eigenvalue weighted by Gasteiger charge is -2.28. The smallest absolute Gasteiger partial charge is 0.428 e. The average Bonchev–Trinajstić information content (AvgIpc) is 3.50. The van der Waals surface area contributed by atoms with Crippen molar-refractivity contribution in [1.29, 1.82) is 0 Å². The zero-order chi connectivity index (χ0) is 40.1. The summed E-state index contributed by atoms with van der Waals surface area (Å²) in [7, 11) is 2.91. The molecule has 3 amide bonds. The quantitative estimate of drug-likeness (QED) is 0.118. The van der Waals surface area contributed by atoms with Gasteiger partial charge in [0.25, 0.3) is 0 Å². The second-order valence-electron chi connectivity index (χ2n) is 14.7. The number of carbonyl (C=O) groups excluding carboxylic acids is 4. The number of anilines is 2. The molecule has 3 heterocycles. The highest BCUT2D eigenvalue weighted by Gasteiger charge is 2.28. The molecule has 1 unspecified atom stereocenters. The Balaban J connectivity index is 1.78. The number of imidazole rings is 1. The van der Waals surface area contributed by atoms with Crippen molar-refractivity contribution < 1.29 is 28.7 Å². The van der Waals surface area contributed by atoms with Crippen molar-refractivity contribution in [3.63, 3.8) is 0 Å². The van der Waals surface area contributed by atoms with Crippen LogP contribution in [-0.4, -0.2) is 89.6 Å². The fourth-order valence-electron chi connectivity index (χ4n) is 4.84. The SMILES string of the molecule is CC(=O)c1c(NN(C)C(=O)OC(C)(C)C)nc(C)nc1-c1cc(C#Cc2ccc(-n3cnc(C)c3)cc2)nc(NC(=O)C(C)N(C)C(=O)OC(C)(C)C)c1. The number of carbonyl (C=O) groups is 4. The van der Waals surface area contributed by atoms with Gasteiger partial charge in [-0.15, -0.1) is 0 Å². The van der Waals surface area contributed by atoms with E-state index < -0.39 is 41.1 Å². The number of Topliss-reactive ketones (excluding diaryl/α,β-unsaturated/α-hetero) is 1. The van der Waals surface area contributed by atoms with Crippen molar-refractivity contribution >= 4 is 35.5 Å². The number of ketones is 1. The fraction of sp³-hybridized carbons (Fsp3) is 0.385. The van der Waals surface area contributed by atoms with Crippen LogP contribution in [-0.2, 0) is 14.3 Å². The molecular formula is C39H47N9O6. The molecule has 0 saturated carbocycles. The standard InChI is InChI=1S/C39H47N9O6/c1-23-21-48(22-40-23)30-17-14-27(15-18-30)13-16-29-19-28(20-31(43-29)44-35(50)24(2)46(11)36(51)53-38(5,6)7)33-32(25(3)49)34(42-26(4)41-33)45-47(12)37(52)54-39(8,9)10/h14-15,17-22,24H,1-12H3,(H,41,42,45)(H,43,44,50). The number of ether oxygens (including phenoxy) is 2. The van der Waals surface area contributed by atoms with Crippen molar-refractivity contribution in [3.05, 3.63) is 77.3 Å². The van der Waals surface area contributed by atoms with E-state index >= 15 is 0 Å². The van der Waals surface area contributed by atoms with Crippen LogP contribution >= 0.6 is 0 Å². The van der Waals surface area contributed by atoms with Crippen molar-refractivity contribution in [2.24, 2.45) is 0 Å². The van der Waals surface area contributed by atoms with Gasteiger partial charge in [-0.25, -0.2) is 34.5 Å². The van der Waals surface area contributed by atoms with Gasteiger partial charge in [0.05, 0.1) is 23.3 Å². The van der Waals surface area contributed by atoms with Gasteiger partial charge in [0.2, 0.25) is 5.91 Å². The summed E-state index contributed by atoms with van der Waals surface area (Å²) in [6.45, 7) is 16.9. The Bertz CT molecular complexity index is 2120. The molecule has 0 aliphatic rings. The van der Waals surface area contributed by atoms with Crippen LogP contribution in [0.5, 0.6) is 0 Å². The van der Waals surface area contributed by atoms with Crippen molar-refractivity contribution in [1.82, 2.24) is 34.4 Å². The summed E-state index contributed by atoms with van der Waals surface area (Å²) in [6, 6.07) is 9.77. The molecule has 284 valence electrons. The molecule has 0 aliphatic carbocycles. The first-order valence-corrected chi connectivity index (χ1v) is 17.2. The Morgan fingerprint density at radius 2 is 1.50 bits per heavy atom. The van der Waals surface area contributed by atoms with Crippen LogP contribution in [0.25, 0.3) is 16.9 Å². The molecule has 54 heavy (non-hydrogen) atoms. The summed E-state index contributed by atoms with van der Waals surface area (Å²) < 4.78 is 12.8. The number of benzene rings is 1. The number of pyridine rings is 1. The first-order chi connectivity index (χ1) is 25.1. The second-order valence-corrected chi connectivity index (χ2v) is 14.7. The van der Waals surface area contributed by atoms with Crippen LogP contribution in [0.3, 0.4) is 0 Å². The summed E-state index contributed by atoms with van der Waals surface area (Å²) in [5.41, 5.74) is 4.73. The van der Waals surface area contributed by atoms with E-state index in [9.17, 15) is 19.2 Å². The minimum Gasteiger partial charge on any atom is -0.444 e. The van der Waals surface area contributed by atoms with Crippen LogP contribution < -0.4 is 10.7 Å². The summed E-state index contributed by atoms with van der Waals surface area (Å²) in [4.78, 5) is 71.3. The minimum atomic E-state index is -0.953. The molecule has 4 rings (SSSR count).